The Bertz CT molecular complexity index is 142. The molecule has 0 heterocycles. The van der Waals surface area contributed by atoms with E-state index in [0.29, 0.717) is 0 Å². The van der Waals surface area contributed by atoms with Gasteiger partial charge in [0.25, 0.3) is 0 Å². The van der Waals surface area contributed by atoms with Crippen LogP contribution in [0.2, 0.25) is 0 Å². The van der Waals surface area contributed by atoms with Crippen molar-refractivity contribution in [2.45, 2.75) is 20.8 Å². The van der Waals surface area contributed by atoms with Gasteiger partial charge in [-0.15, -0.1) is 0 Å². The van der Waals surface area contributed by atoms with Crippen LogP contribution >= 0.6 is 0 Å². The van der Waals surface area contributed by atoms with Crippen molar-refractivity contribution in [3.8, 4) is 0 Å². The Morgan fingerprint density at radius 1 is 1.15 bits per heavy atom. The summed E-state index contributed by atoms with van der Waals surface area (Å²) >= 11 is 0. The molecule has 0 aliphatic heterocycles. The molecule has 1 aromatic rings. The summed E-state index contributed by atoms with van der Waals surface area (Å²) in [6.07, 6.45) is 0. The van der Waals surface area contributed by atoms with Crippen molar-refractivity contribution >= 4 is 5.78 Å². The van der Waals surface area contributed by atoms with Gasteiger partial charge in [-0.25, -0.2) is 0 Å². The molecule has 71 valence electrons. The average molecular weight is 253 g/mol. The zero-order valence-corrected chi connectivity index (χ0v) is 11.4. The van der Waals surface area contributed by atoms with Crippen molar-refractivity contribution in [2.75, 3.05) is 0 Å². The van der Waals surface area contributed by atoms with Gasteiger partial charge in [0.1, 0.15) is 0 Å². The molecule has 1 radical (unpaired) electrons. The van der Waals surface area contributed by atoms with E-state index in [2.05, 4.69) is 13.0 Å². The minimum Gasteiger partial charge on any atom is -0.340 e. The first-order chi connectivity index (χ1) is 5.73. The summed E-state index contributed by atoms with van der Waals surface area (Å²) in [4.78, 5) is 9.33. The van der Waals surface area contributed by atoms with E-state index in [1.165, 1.54) is 6.92 Å². The quantitative estimate of drug-likeness (QED) is 0.650. The van der Waals surface area contributed by atoms with Crippen LogP contribution in [0.5, 0.6) is 0 Å². The summed E-state index contributed by atoms with van der Waals surface area (Å²) in [7, 11) is 0. The van der Waals surface area contributed by atoms with E-state index in [9.17, 15) is 4.79 Å². The van der Waals surface area contributed by atoms with Crippen LogP contribution in [0.25, 0.3) is 0 Å². The third kappa shape index (κ3) is 33.6. The number of Topliss-reactive ketones (excluding diaryl/α,β-unsaturated/α-hetero) is 1. The molecule has 2 heteroatoms. The molecule has 0 aliphatic carbocycles. The zero-order chi connectivity index (χ0) is 9.82. The standard InChI is InChI=1S/C6H5.C3H5O.C2H6.Y/c1-2-4-6-5-3-1;1-3(2)4;1-2;/h1-5H;1H2,2H3;1-2H3;/q2*-1;;. The number of hydrogen-bond donors (Lipinski definition) is 0. The van der Waals surface area contributed by atoms with Crippen molar-refractivity contribution in [1.82, 2.24) is 0 Å². The van der Waals surface area contributed by atoms with Gasteiger partial charge in [-0.2, -0.15) is 36.4 Å². The van der Waals surface area contributed by atoms with Gasteiger partial charge in [0.05, 0.1) is 0 Å². The predicted molar refractivity (Wildman–Crippen MR) is 52.7 cm³/mol. The van der Waals surface area contributed by atoms with Crippen LogP contribution in [0.1, 0.15) is 20.8 Å². The van der Waals surface area contributed by atoms with Gasteiger partial charge in [-0.1, -0.05) is 13.8 Å². The van der Waals surface area contributed by atoms with Crippen LogP contribution in [0, 0.1) is 13.0 Å². The maximum Gasteiger partial charge on any atom is 0 e. The molecule has 0 aromatic heterocycles. The minimum absolute atomic E-state index is 0. The van der Waals surface area contributed by atoms with E-state index in [0.717, 1.165) is 0 Å². The minimum atomic E-state index is -0.0833. The van der Waals surface area contributed by atoms with E-state index in [1.54, 1.807) is 0 Å². The molecule has 0 saturated heterocycles. The van der Waals surface area contributed by atoms with Crippen molar-refractivity contribution < 1.29 is 37.5 Å². The van der Waals surface area contributed by atoms with Crippen LogP contribution in [-0.4, -0.2) is 5.78 Å². The van der Waals surface area contributed by atoms with Crippen molar-refractivity contribution in [1.29, 1.82) is 0 Å². The summed E-state index contributed by atoms with van der Waals surface area (Å²) in [6.45, 7) is 8.42. The Hall–Kier alpha value is -0.136. The Morgan fingerprint density at radius 3 is 1.54 bits per heavy atom. The van der Waals surface area contributed by atoms with Crippen LogP contribution in [-0.2, 0) is 37.5 Å². The second-order valence-corrected chi connectivity index (χ2v) is 1.78. The topological polar surface area (TPSA) is 17.1 Å². The molecule has 0 atom stereocenters. The largest absolute Gasteiger partial charge is 0.340 e. The van der Waals surface area contributed by atoms with Crippen molar-refractivity contribution in [3.63, 3.8) is 0 Å². The van der Waals surface area contributed by atoms with Crippen LogP contribution < -0.4 is 0 Å². The average Bonchev–Trinajstić information content (AvgIpc) is 2.10. The molecule has 0 spiro atoms. The van der Waals surface area contributed by atoms with E-state index in [1.807, 2.05) is 44.2 Å². The number of rotatable bonds is 0. The van der Waals surface area contributed by atoms with E-state index in [4.69, 9.17) is 0 Å². The smallest absolute Gasteiger partial charge is 0 e. The molecule has 0 fully saturated rings. The van der Waals surface area contributed by atoms with Gasteiger partial charge in [-0.05, 0) is 12.7 Å². The van der Waals surface area contributed by atoms with E-state index in [-0.39, 0.29) is 38.5 Å². The van der Waals surface area contributed by atoms with Crippen molar-refractivity contribution in [3.05, 3.63) is 43.3 Å². The SMILES string of the molecule is CC.[CH2-]C(C)=O.[Y].[c-]1ccccc1. The summed E-state index contributed by atoms with van der Waals surface area (Å²) in [6, 6.07) is 12.5. The van der Waals surface area contributed by atoms with Gasteiger partial charge in [-0.3, -0.25) is 0 Å². The third-order valence-electron chi connectivity index (χ3n) is 0.607. The zero-order valence-electron chi connectivity index (χ0n) is 8.58. The second kappa shape index (κ2) is 17.8. The van der Waals surface area contributed by atoms with E-state index >= 15 is 0 Å². The predicted octanol–water partition coefficient (Wildman–Crippen LogP) is 2.92. The number of carbonyl (C=O) groups excluding carboxylic acids is 1. The van der Waals surface area contributed by atoms with Gasteiger partial charge in [0.2, 0.25) is 0 Å². The number of carbonyl (C=O) groups is 1. The van der Waals surface area contributed by atoms with Crippen LogP contribution in [0.4, 0.5) is 0 Å². The Kier molecular flexibility index (Phi) is 25.5. The van der Waals surface area contributed by atoms with Gasteiger partial charge in [0.15, 0.2) is 0 Å². The summed E-state index contributed by atoms with van der Waals surface area (Å²) in [5, 5.41) is 0. The first-order valence-electron chi connectivity index (χ1n) is 3.97. The maximum absolute atomic E-state index is 9.33. The summed E-state index contributed by atoms with van der Waals surface area (Å²) < 4.78 is 0. The fourth-order valence-corrected chi connectivity index (χ4v) is 0.342. The fraction of sp³-hybridized carbons (Fsp3) is 0.273. The van der Waals surface area contributed by atoms with E-state index < -0.39 is 0 Å². The number of hydrogen-bond acceptors (Lipinski definition) is 1. The molecular formula is C11H16OY-2. The van der Waals surface area contributed by atoms with Gasteiger partial charge < -0.3 is 11.7 Å². The van der Waals surface area contributed by atoms with Crippen LogP contribution in [0.15, 0.2) is 30.3 Å². The number of benzene rings is 1. The van der Waals surface area contributed by atoms with Gasteiger partial charge >= 0.3 is 0 Å². The molecule has 1 nitrogen and oxygen atoms in total. The first kappa shape index (κ1) is 18.6. The van der Waals surface area contributed by atoms with Gasteiger partial charge in [0, 0.05) is 32.7 Å². The molecule has 0 amide bonds. The summed E-state index contributed by atoms with van der Waals surface area (Å²) in [5.41, 5.74) is 0. The molecular weight excluding hydrogens is 237 g/mol. The monoisotopic (exact) mass is 253 g/mol. The van der Waals surface area contributed by atoms with Crippen LogP contribution in [0.3, 0.4) is 0 Å². The molecule has 0 bridgehead atoms. The normalized spacial score (nSPS) is 6.08. The summed E-state index contributed by atoms with van der Waals surface area (Å²) in [5.74, 6) is -0.0833. The Morgan fingerprint density at radius 2 is 1.46 bits per heavy atom. The number of ketones is 1. The molecule has 0 unspecified atom stereocenters. The molecule has 1 rings (SSSR count). The molecule has 0 saturated carbocycles. The maximum atomic E-state index is 9.33. The van der Waals surface area contributed by atoms with Crippen molar-refractivity contribution in [2.24, 2.45) is 0 Å². The molecule has 0 N–H and O–H groups in total. The Balaban J connectivity index is -0.000000128. The molecule has 13 heavy (non-hydrogen) atoms. The Labute approximate surface area is 107 Å². The first-order valence-corrected chi connectivity index (χ1v) is 3.97. The second-order valence-electron chi connectivity index (χ2n) is 1.78. The molecule has 0 aliphatic rings. The third-order valence-corrected chi connectivity index (χ3v) is 0.607. The molecule has 1 aromatic carbocycles. The fourth-order valence-electron chi connectivity index (χ4n) is 0.342.